The molecule has 0 aliphatic rings. The van der Waals surface area contributed by atoms with Gasteiger partial charge in [-0.1, -0.05) is 0 Å². The summed E-state index contributed by atoms with van der Waals surface area (Å²) in [6.45, 7) is 2.04. The Bertz CT molecular complexity index is 684. The third kappa shape index (κ3) is 4.75. The van der Waals surface area contributed by atoms with Crippen molar-refractivity contribution < 1.29 is 14.8 Å². The van der Waals surface area contributed by atoms with Gasteiger partial charge in [-0.2, -0.15) is 0 Å². The molecule has 0 aliphatic heterocycles. The first-order valence-electron chi connectivity index (χ1n) is 6.89. The monoisotopic (exact) mass is 316 g/mol. The van der Waals surface area contributed by atoms with Crippen LogP contribution in [0.3, 0.4) is 0 Å². The molecule has 0 fully saturated rings. The van der Waals surface area contributed by atoms with Crippen LogP contribution in [-0.4, -0.2) is 33.6 Å². The minimum absolute atomic E-state index is 0.0724. The van der Waals surface area contributed by atoms with Gasteiger partial charge in [0.05, 0.1) is 22.9 Å². The predicted molar refractivity (Wildman–Crippen MR) is 85.5 cm³/mol. The van der Waals surface area contributed by atoms with Crippen molar-refractivity contribution >= 4 is 23.1 Å². The number of anilines is 2. The van der Waals surface area contributed by atoms with Crippen molar-refractivity contribution in [2.45, 2.75) is 13.0 Å². The first-order valence-corrected chi connectivity index (χ1v) is 6.89. The molecule has 23 heavy (non-hydrogen) atoms. The van der Waals surface area contributed by atoms with E-state index in [9.17, 15) is 20.0 Å². The van der Waals surface area contributed by atoms with Crippen molar-refractivity contribution in [3.8, 4) is 0 Å². The van der Waals surface area contributed by atoms with Crippen LogP contribution < -0.4 is 10.6 Å². The molecule has 0 radical (unpaired) electrons. The highest BCUT2D eigenvalue weighted by Crippen LogP contribution is 2.14. The van der Waals surface area contributed by atoms with E-state index in [0.717, 1.165) is 0 Å². The molecule has 1 aromatic carbocycles. The van der Waals surface area contributed by atoms with Gasteiger partial charge in [-0.3, -0.25) is 14.9 Å². The normalized spacial score (nSPS) is 11.6. The SMILES string of the molecule is CC(O)CNc1ccc(NC(=O)c2ccc([N+](=O)[O-])cc2)cn1. The van der Waals surface area contributed by atoms with Crippen molar-refractivity contribution in [2.24, 2.45) is 0 Å². The van der Waals surface area contributed by atoms with Crippen molar-refractivity contribution in [1.29, 1.82) is 0 Å². The Hall–Kier alpha value is -3.00. The second-order valence-corrected chi connectivity index (χ2v) is 4.92. The predicted octanol–water partition coefficient (Wildman–Crippen LogP) is 2.03. The fourth-order valence-electron chi connectivity index (χ4n) is 1.76. The fraction of sp³-hybridized carbons (Fsp3) is 0.200. The number of aliphatic hydroxyl groups excluding tert-OH is 1. The second-order valence-electron chi connectivity index (χ2n) is 4.92. The van der Waals surface area contributed by atoms with Crippen molar-refractivity contribution in [3.05, 3.63) is 58.3 Å². The molecule has 1 atom stereocenters. The molecule has 1 heterocycles. The summed E-state index contributed by atoms with van der Waals surface area (Å²) in [6, 6.07) is 8.67. The van der Waals surface area contributed by atoms with Crippen LogP contribution in [0.15, 0.2) is 42.6 Å². The zero-order valence-corrected chi connectivity index (χ0v) is 12.4. The number of carbonyl (C=O) groups excluding carboxylic acids is 1. The first kappa shape index (κ1) is 16.4. The Morgan fingerprint density at radius 2 is 2.00 bits per heavy atom. The minimum Gasteiger partial charge on any atom is -0.392 e. The number of benzene rings is 1. The summed E-state index contributed by atoms with van der Waals surface area (Å²) >= 11 is 0. The lowest BCUT2D eigenvalue weighted by molar-refractivity contribution is -0.384. The maximum Gasteiger partial charge on any atom is 0.269 e. The topological polar surface area (TPSA) is 117 Å². The number of rotatable bonds is 6. The quantitative estimate of drug-likeness (QED) is 0.554. The van der Waals surface area contributed by atoms with Gasteiger partial charge in [0.1, 0.15) is 5.82 Å². The van der Waals surface area contributed by atoms with Gasteiger partial charge in [-0.15, -0.1) is 0 Å². The van der Waals surface area contributed by atoms with Crippen LogP contribution >= 0.6 is 0 Å². The highest BCUT2D eigenvalue weighted by Gasteiger charge is 2.10. The highest BCUT2D eigenvalue weighted by molar-refractivity contribution is 6.04. The van der Waals surface area contributed by atoms with Gasteiger partial charge in [-0.25, -0.2) is 4.98 Å². The van der Waals surface area contributed by atoms with E-state index in [0.29, 0.717) is 23.6 Å². The smallest absolute Gasteiger partial charge is 0.269 e. The molecule has 2 rings (SSSR count). The lowest BCUT2D eigenvalue weighted by Crippen LogP contribution is -2.16. The van der Waals surface area contributed by atoms with Crippen LogP contribution in [0.2, 0.25) is 0 Å². The molecule has 0 bridgehead atoms. The molecule has 1 amide bonds. The van der Waals surface area contributed by atoms with Gasteiger partial charge in [0.15, 0.2) is 0 Å². The summed E-state index contributed by atoms with van der Waals surface area (Å²) in [5.74, 6) is 0.200. The summed E-state index contributed by atoms with van der Waals surface area (Å²) in [7, 11) is 0. The summed E-state index contributed by atoms with van der Waals surface area (Å²) in [5.41, 5.74) is 0.736. The third-order valence-electron chi connectivity index (χ3n) is 2.94. The van der Waals surface area contributed by atoms with Crippen LogP contribution in [0.4, 0.5) is 17.2 Å². The number of pyridine rings is 1. The molecule has 120 valence electrons. The minimum atomic E-state index is -0.523. The Kier molecular flexibility index (Phi) is 5.21. The maximum atomic E-state index is 12.0. The summed E-state index contributed by atoms with van der Waals surface area (Å²) in [5, 5.41) is 25.3. The Morgan fingerprint density at radius 3 is 2.52 bits per heavy atom. The molecule has 0 saturated carbocycles. The van der Waals surface area contributed by atoms with Crippen molar-refractivity contribution in [2.75, 3.05) is 17.2 Å². The van der Waals surface area contributed by atoms with E-state index in [2.05, 4.69) is 15.6 Å². The van der Waals surface area contributed by atoms with Crippen LogP contribution in [0.25, 0.3) is 0 Å². The maximum absolute atomic E-state index is 12.0. The lowest BCUT2D eigenvalue weighted by Gasteiger charge is -2.09. The zero-order valence-electron chi connectivity index (χ0n) is 12.4. The van der Waals surface area contributed by atoms with Gasteiger partial charge in [-0.05, 0) is 31.2 Å². The highest BCUT2D eigenvalue weighted by atomic mass is 16.6. The summed E-state index contributed by atoms with van der Waals surface area (Å²) in [6.07, 6.45) is 0.992. The Morgan fingerprint density at radius 1 is 1.30 bits per heavy atom. The third-order valence-corrected chi connectivity index (χ3v) is 2.94. The Balaban J connectivity index is 1.98. The lowest BCUT2D eigenvalue weighted by atomic mass is 10.2. The molecular formula is C15H16N4O4. The van der Waals surface area contributed by atoms with Crippen molar-refractivity contribution in [3.63, 3.8) is 0 Å². The molecule has 1 unspecified atom stereocenters. The molecule has 8 nitrogen and oxygen atoms in total. The zero-order chi connectivity index (χ0) is 16.8. The Labute approximate surface area is 132 Å². The van der Waals surface area contributed by atoms with E-state index >= 15 is 0 Å². The number of carbonyl (C=O) groups is 1. The fourth-order valence-corrected chi connectivity index (χ4v) is 1.76. The molecule has 8 heteroatoms. The van der Waals surface area contributed by atoms with E-state index in [4.69, 9.17) is 0 Å². The molecular weight excluding hydrogens is 300 g/mol. The molecule has 2 aromatic rings. The van der Waals surface area contributed by atoms with Crippen molar-refractivity contribution in [1.82, 2.24) is 4.98 Å². The first-order chi connectivity index (χ1) is 11.0. The van der Waals surface area contributed by atoms with E-state index in [1.54, 1.807) is 19.1 Å². The number of hydrogen-bond donors (Lipinski definition) is 3. The molecule has 0 aliphatic carbocycles. The average Bonchev–Trinajstić information content (AvgIpc) is 2.54. The number of hydrogen-bond acceptors (Lipinski definition) is 6. The van der Waals surface area contributed by atoms with E-state index in [1.165, 1.54) is 30.5 Å². The van der Waals surface area contributed by atoms with Crippen LogP contribution in [-0.2, 0) is 0 Å². The number of nitro benzene ring substituents is 1. The van der Waals surface area contributed by atoms with E-state index < -0.39 is 11.0 Å². The largest absolute Gasteiger partial charge is 0.392 e. The molecule has 3 N–H and O–H groups in total. The van der Waals surface area contributed by atoms with Gasteiger partial charge in [0, 0.05) is 24.2 Å². The summed E-state index contributed by atoms with van der Waals surface area (Å²) < 4.78 is 0. The summed E-state index contributed by atoms with van der Waals surface area (Å²) in [4.78, 5) is 26.2. The average molecular weight is 316 g/mol. The number of aromatic nitrogens is 1. The molecule has 1 aromatic heterocycles. The number of aliphatic hydroxyl groups is 1. The van der Waals surface area contributed by atoms with Crippen LogP contribution in [0, 0.1) is 10.1 Å². The van der Waals surface area contributed by atoms with Crippen LogP contribution in [0.5, 0.6) is 0 Å². The standard InChI is InChI=1S/C15H16N4O4/c1-10(20)8-16-14-7-4-12(9-17-14)18-15(21)11-2-5-13(6-3-11)19(22)23/h2-7,9-10,20H,8H2,1H3,(H,16,17)(H,18,21). The number of nitro groups is 1. The second kappa shape index (κ2) is 7.32. The molecule has 0 saturated heterocycles. The van der Waals surface area contributed by atoms with Gasteiger partial charge in [0.25, 0.3) is 11.6 Å². The molecule has 0 spiro atoms. The van der Waals surface area contributed by atoms with E-state index in [-0.39, 0.29) is 11.6 Å². The number of nitrogens with zero attached hydrogens (tertiary/aromatic N) is 2. The number of nitrogens with one attached hydrogen (secondary N) is 2. The van der Waals surface area contributed by atoms with Crippen LogP contribution in [0.1, 0.15) is 17.3 Å². The van der Waals surface area contributed by atoms with Gasteiger partial charge in [0.2, 0.25) is 0 Å². The number of non-ortho nitro benzene ring substituents is 1. The van der Waals surface area contributed by atoms with Gasteiger partial charge < -0.3 is 15.7 Å². The number of amides is 1. The van der Waals surface area contributed by atoms with E-state index in [1.807, 2.05) is 0 Å². The van der Waals surface area contributed by atoms with Gasteiger partial charge >= 0.3 is 0 Å².